The summed E-state index contributed by atoms with van der Waals surface area (Å²) in [5, 5.41) is 0. The van der Waals surface area contributed by atoms with Gasteiger partial charge in [-0.3, -0.25) is 9.69 Å². The molecule has 0 N–H and O–H groups in total. The van der Waals surface area contributed by atoms with Crippen LogP contribution in [0.5, 0.6) is 11.5 Å². The van der Waals surface area contributed by atoms with Crippen LogP contribution in [0.3, 0.4) is 0 Å². The standard InChI is InChI=1S/C19H26N2O3/c1-3-12-24-17-8-7-15(13-18(17)23-4-2)19(22)21-11-10-20-9-5-6-16(20)14-21/h3,7-8,13,16H,1,4-6,9-12,14H2,2H3/t16-/m0/s1. The Hall–Kier alpha value is -2.01. The Bertz CT molecular complexity index is 602. The van der Waals surface area contributed by atoms with Crippen molar-refractivity contribution in [1.82, 2.24) is 9.80 Å². The number of amides is 1. The molecule has 1 amide bonds. The largest absolute Gasteiger partial charge is 0.490 e. The zero-order valence-electron chi connectivity index (χ0n) is 14.4. The van der Waals surface area contributed by atoms with E-state index in [1.807, 2.05) is 24.0 Å². The van der Waals surface area contributed by atoms with E-state index in [4.69, 9.17) is 9.47 Å². The van der Waals surface area contributed by atoms with E-state index in [2.05, 4.69) is 11.5 Å². The van der Waals surface area contributed by atoms with Gasteiger partial charge in [-0.15, -0.1) is 0 Å². The molecule has 2 saturated heterocycles. The van der Waals surface area contributed by atoms with Crippen molar-refractivity contribution in [3.63, 3.8) is 0 Å². The zero-order valence-corrected chi connectivity index (χ0v) is 14.4. The van der Waals surface area contributed by atoms with Crippen LogP contribution in [0.15, 0.2) is 30.9 Å². The molecule has 0 radical (unpaired) electrons. The minimum absolute atomic E-state index is 0.0813. The van der Waals surface area contributed by atoms with E-state index < -0.39 is 0 Å². The first-order valence-corrected chi connectivity index (χ1v) is 8.76. The van der Waals surface area contributed by atoms with E-state index in [1.165, 1.54) is 19.4 Å². The van der Waals surface area contributed by atoms with Gasteiger partial charge in [0.15, 0.2) is 11.5 Å². The number of hydrogen-bond donors (Lipinski definition) is 0. The van der Waals surface area contributed by atoms with Crippen molar-refractivity contribution in [2.75, 3.05) is 39.4 Å². The average Bonchev–Trinajstić information content (AvgIpc) is 3.08. The Morgan fingerprint density at radius 3 is 2.96 bits per heavy atom. The molecule has 5 nitrogen and oxygen atoms in total. The Labute approximate surface area is 143 Å². The molecule has 0 aromatic heterocycles. The molecule has 130 valence electrons. The number of fused-ring (bicyclic) bond motifs is 1. The summed E-state index contributed by atoms with van der Waals surface area (Å²) < 4.78 is 11.2. The first kappa shape index (κ1) is 16.8. The molecule has 1 aromatic carbocycles. The van der Waals surface area contributed by atoms with Gasteiger partial charge in [0.2, 0.25) is 0 Å². The summed E-state index contributed by atoms with van der Waals surface area (Å²) in [6.07, 6.45) is 4.13. The second kappa shape index (κ2) is 7.71. The van der Waals surface area contributed by atoms with Gasteiger partial charge >= 0.3 is 0 Å². The molecule has 3 rings (SSSR count). The highest BCUT2D eigenvalue weighted by Gasteiger charge is 2.32. The van der Waals surface area contributed by atoms with Gasteiger partial charge in [-0.05, 0) is 44.5 Å². The van der Waals surface area contributed by atoms with Gasteiger partial charge in [0.05, 0.1) is 6.61 Å². The molecule has 2 heterocycles. The molecule has 0 spiro atoms. The van der Waals surface area contributed by atoms with Crippen LogP contribution in [-0.2, 0) is 0 Å². The Morgan fingerprint density at radius 2 is 2.17 bits per heavy atom. The smallest absolute Gasteiger partial charge is 0.254 e. The fourth-order valence-corrected chi connectivity index (χ4v) is 3.54. The summed E-state index contributed by atoms with van der Waals surface area (Å²) in [4.78, 5) is 17.3. The summed E-state index contributed by atoms with van der Waals surface area (Å²) in [6, 6.07) is 5.97. The maximum absolute atomic E-state index is 12.9. The highest BCUT2D eigenvalue weighted by Crippen LogP contribution is 2.30. The van der Waals surface area contributed by atoms with Crippen molar-refractivity contribution in [2.45, 2.75) is 25.8 Å². The zero-order chi connectivity index (χ0) is 16.9. The lowest BCUT2D eigenvalue weighted by atomic mass is 10.1. The van der Waals surface area contributed by atoms with E-state index in [9.17, 15) is 4.79 Å². The lowest BCUT2D eigenvalue weighted by Crippen LogP contribution is -2.52. The van der Waals surface area contributed by atoms with E-state index in [0.717, 1.165) is 19.6 Å². The number of rotatable bonds is 6. The van der Waals surface area contributed by atoms with Gasteiger partial charge in [0.25, 0.3) is 5.91 Å². The summed E-state index contributed by atoms with van der Waals surface area (Å²) in [5.41, 5.74) is 0.663. The molecule has 0 saturated carbocycles. The van der Waals surface area contributed by atoms with Crippen molar-refractivity contribution in [3.8, 4) is 11.5 Å². The van der Waals surface area contributed by atoms with Gasteiger partial charge in [0, 0.05) is 31.2 Å². The molecule has 2 fully saturated rings. The summed E-state index contributed by atoms with van der Waals surface area (Å²) in [6.45, 7) is 10.3. The minimum atomic E-state index is 0.0813. The lowest BCUT2D eigenvalue weighted by Gasteiger charge is -2.37. The van der Waals surface area contributed by atoms with Crippen molar-refractivity contribution in [3.05, 3.63) is 36.4 Å². The predicted molar refractivity (Wildman–Crippen MR) is 93.8 cm³/mol. The van der Waals surface area contributed by atoms with Gasteiger partial charge in [-0.2, -0.15) is 0 Å². The summed E-state index contributed by atoms with van der Waals surface area (Å²) >= 11 is 0. The molecule has 0 aliphatic carbocycles. The molecule has 2 aliphatic rings. The minimum Gasteiger partial charge on any atom is -0.490 e. The number of nitrogens with zero attached hydrogens (tertiary/aromatic N) is 2. The van der Waals surface area contributed by atoms with E-state index >= 15 is 0 Å². The van der Waals surface area contributed by atoms with E-state index in [1.54, 1.807) is 12.1 Å². The molecule has 0 unspecified atom stereocenters. The lowest BCUT2D eigenvalue weighted by molar-refractivity contribution is 0.0571. The van der Waals surface area contributed by atoms with Crippen LogP contribution in [0.25, 0.3) is 0 Å². The maximum Gasteiger partial charge on any atom is 0.254 e. The Kier molecular flexibility index (Phi) is 5.41. The Morgan fingerprint density at radius 1 is 1.29 bits per heavy atom. The second-order valence-corrected chi connectivity index (χ2v) is 6.28. The fourth-order valence-electron chi connectivity index (χ4n) is 3.54. The Balaban J connectivity index is 1.74. The molecule has 24 heavy (non-hydrogen) atoms. The highest BCUT2D eigenvalue weighted by molar-refractivity contribution is 5.95. The topological polar surface area (TPSA) is 42.0 Å². The number of carbonyl (C=O) groups excluding carboxylic acids is 1. The number of carbonyl (C=O) groups is 1. The quantitative estimate of drug-likeness (QED) is 0.752. The second-order valence-electron chi connectivity index (χ2n) is 6.28. The van der Waals surface area contributed by atoms with Crippen LogP contribution in [0.1, 0.15) is 30.1 Å². The van der Waals surface area contributed by atoms with Gasteiger partial charge < -0.3 is 14.4 Å². The third-order valence-electron chi connectivity index (χ3n) is 4.72. The molecule has 2 aliphatic heterocycles. The SMILES string of the molecule is C=CCOc1ccc(C(=O)N2CCN3CCC[C@H]3C2)cc1OCC. The summed E-state index contributed by atoms with van der Waals surface area (Å²) in [7, 11) is 0. The first-order valence-electron chi connectivity index (χ1n) is 8.76. The molecule has 5 heteroatoms. The molecule has 1 atom stereocenters. The number of hydrogen-bond acceptors (Lipinski definition) is 4. The molecule has 0 bridgehead atoms. The maximum atomic E-state index is 12.9. The third-order valence-corrected chi connectivity index (χ3v) is 4.72. The van der Waals surface area contributed by atoms with Crippen molar-refractivity contribution in [1.29, 1.82) is 0 Å². The molecule has 1 aromatic rings. The van der Waals surface area contributed by atoms with Crippen LogP contribution in [0.2, 0.25) is 0 Å². The van der Waals surface area contributed by atoms with Gasteiger partial charge in [-0.1, -0.05) is 12.7 Å². The number of ether oxygens (including phenoxy) is 2. The molecular weight excluding hydrogens is 304 g/mol. The molecular formula is C19H26N2O3. The third kappa shape index (κ3) is 3.56. The van der Waals surface area contributed by atoms with Crippen LogP contribution in [0, 0.1) is 0 Å². The van der Waals surface area contributed by atoms with Crippen molar-refractivity contribution < 1.29 is 14.3 Å². The van der Waals surface area contributed by atoms with Crippen LogP contribution < -0.4 is 9.47 Å². The monoisotopic (exact) mass is 330 g/mol. The summed E-state index contributed by atoms with van der Waals surface area (Å²) in [5.74, 6) is 1.34. The predicted octanol–water partition coefficient (Wildman–Crippen LogP) is 2.57. The highest BCUT2D eigenvalue weighted by atomic mass is 16.5. The van der Waals surface area contributed by atoms with Gasteiger partial charge in [-0.25, -0.2) is 0 Å². The first-order chi connectivity index (χ1) is 11.7. The van der Waals surface area contributed by atoms with Crippen molar-refractivity contribution in [2.24, 2.45) is 0 Å². The van der Waals surface area contributed by atoms with Crippen LogP contribution in [-0.4, -0.2) is 61.1 Å². The van der Waals surface area contributed by atoms with Crippen LogP contribution >= 0.6 is 0 Å². The average molecular weight is 330 g/mol. The number of piperazine rings is 1. The van der Waals surface area contributed by atoms with E-state index in [-0.39, 0.29) is 5.91 Å². The van der Waals surface area contributed by atoms with Gasteiger partial charge in [0.1, 0.15) is 6.61 Å². The van der Waals surface area contributed by atoms with E-state index in [0.29, 0.717) is 36.3 Å². The van der Waals surface area contributed by atoms with Crippen LogP contribution in [0.4, 0.5) is 0 Å². The normalized spacial score (nSPS) is 20.5. The van der Waals surface area contributed by atoms with Crippen molar-refractivity contribution >= 4 is 5.91 Å². The number of benzene rings is 1. The fraction of sp³-hybridized carbons (Fsp3) is 0.526.